The van der Waals surface area contributed by atoms with E-state index in [1.54, 1.807) is 0 Å². The molecule has 5 rings (SSSR count). The molecule has 0 spiro atoms. The molecular weight excluding hydrogens is 503 g/mol. The van der Waals surface area contributed by atoms with Gasteiger partial charge in [-0.05, 0) is 48.2 Å². The summed E-state index contributed by atoms with van der Waals surface area (Å²) < 4.78 is 38.4. The van der Waals surface area contributed by atoms with Gasteiger partial charge < -0.3 is 10.2 Å². The maximum Gasteiger partial charge on any atom is 0.417 e. The highest BCUT2D eigenvalue weighted by Gasteiger charge is 2.31. The molecule has 3 heterocycles. The van der Waals surface area contributed by atoms with E-state index >= 15 is 0 Å². The molecule has 0 bridgehead atoms. The highest BCUT2D eigenvalue weighted by Crippen LogP contribution is 2.29. The molecule has 0 aliphatic carbocycles. The number of halogens is 3. The van der Waals surface area contributed by atoms with Crippen molar-refractivity contribution in [3.63, 3.8) is 0 Å². The Morgan fingerprint density at radius 1 is 0.795 bits per heavy atom. The first-order valence-corrected chi connectivity index (χ1v) is 13.5. The van der Waals surface area contributed by atoms with Crippen LogP contribution >= 0.6 is 0 Å². The highest BCUT2D eigenvalue weighted by atomic mass is 19.4. The monoisotopic (exact) mass is 537 g/mol. The number of alkyl halides is 3. The number of carbonyl (C=O) groups is 1. The van der Waals surface area contributed by atoms with Gasteiger partial charge in [0.25, 0.3) is 5.91 Å². The maximum atomic E-state index is 12.8. The summed E-state index contributed by atoms with van der Waals surface area (Å²) in [6.45, 7) is 6.62. The van der Waals surface area contributed by atoms with Crippen molar-refractivity contribution in [3.8, 4) is 0 Å². The number of hydrogen-bond donors (Lipinski definition) is 1. The molecule has 2 aromatic carbocycles. The van der Waals surface area contributed by atoms with Gasteiger partial charge in [-0.15, -0.1) is 0 Å². The van der Waals surface area contributed by atoms with Crippen LogP contribution in [-0.4, -0.2) is 66.0 Å². The van der Waals surface area contributed by atoms with Crippen LogP contribution in [-0.2, 0) is 19.3 Å². The Balaban J connectivity index is 1.04. The third-order valence-corrected chi connectivity index (χ3v) is 7.57. The lowest BCUT2D eigenvalue weighted by Gasteiger charge is -2.35. The van der Waals surface area contributed by atoms with Crippen molar-refractivity contribution < 1.29 is 18.0 Å². The Hall–Kier alpha value is -3.43. The minimum Gasteiger partial charge on any atom is -0.354 e. The largest absolute Gasteiger partial charge is 0.417 e. The van der Waals surface area contributed by atoms with Gasteiger partial charge in [0.2, 0.25) is 0 Å². The molecule has 2 saturated heterocycles. The van der Waals surface area contributed by atoms with E-state index in [0.29, 0.717) is 24.5 Å². The van der Waals surface area contributed by atoms with Gasteiger partial charge in [0, 0.05) is 70.2 Å². The van der Waals surface area contributed by atoms with Gasteiger partial charge in [0.1, 0.15) is 5.82 Å². The number of aromatic nitrogens is 1. The lowest BCUT2D eigenvalue weighted by atomic mass is 10.0. The van der Waals surface area contributed by atoms with E-state index in [1.165, 1.54) is 11.6 Å². The third kappa shape index (κ3) is 7.36. The number of piperazine rings is 1. The zero-order valence-electron chi connectivity index (χ0n) is 21.9. The number of nitrogens with one attached hydrogen (secondary N) is 1. The fraction of sp³-hybridized carbons (Fsp3) is 0.400. The zero-order chi connectivity index (χ0) is 27.2. The molecule has 9 heteroatoms. The summed E-state index contributed by atoms with van der Waals surface area (Å²) in [5, 5.41) is 3.20. The molecule has 1 aromatic heterocycles. The van der Waals surface area contributed by atoms with Crippen molar-refractivity contribution >= 4 is 11.7 Å². The van der Waals surface area contributed by atoms with E-state index in [0.717, 1.165) is 69.9 Å². The predicted octanol–water partition coefficient (Wildman–Crippen LogP) is 4.82. The molecule has 0 radical (unpaired) electrons. The first kappa shape index (κ1) is 27.1. The molecule has 3 aromatic rings. The van der Waals surface area contributed by atoms with E-state index in [1.807, 2.05) is 35.2 Å². The van der Waals surface area contributed by atoms with Crippen molar-refractivity contribution in [1.29, 1.82) is 0 Å². The summed E-state index contributed by atoms with van der Waals surface area (Å²) in [4.78, 5) is 23.6. The molecule has 1 amide bonds. The molecule has 2 fully saturated rings. The van der Waals surface area contributed by atoms with E-state index < -0.39 is 11.7 Å². The number of benzene rings is 2. The van der Waals surface area contributed by atoms with Crippen LogP contribution in [0.4, 0.5) is 19.0 Å². The number of pyridine rings is 1. The van der Waals surface area contributed by atoms with Crippen LogP contribution in [0.25, 0.3) is 0 Å². The lowest BCUT2D eigenvalue weighted by molar-refractivity contribution is -0.137. The molecule has 0 saturated carbocycles. The molecule has 0 unspecified atom stereocenters. The molecular formula is C30H34F3N5O. The third-order valence-electron chi connectivity index (χ3n) is 7.57. The topological polar surface area (TPSA) is 51.7 Å². The molecule has 0 atom stereocenters. The molecule has 39 heavy (non-hydrogen) atoms. The Morgan fingerprint density at radius 3 is 2.00 bits per heavy atom. The van der Waals surface area contributed by atoms with E-state index in [-0.39, 0.29) is 11.9 Å². The number of nitrogens with zero attached hydrogens (tertiary/aromatic N) is 4. The number of carbonyl (C=O) groups excluding carboxylic acids is 1. The van der Waals surface area contributed by atoms with Crippen LogP contribution in [0.2, 0.25) is 0 Å². The second-order valence-corrected chi connectivity index (χ2v) is 10.4. The van der Waals surface area contributed by atoms with Crippen molar-refractivity contribution in [1.82, 2.24) is 20.1 Å². The number of hydrogen-bond acceptors (Lipinski definition) is 5. The van der Waals surface area contributed by atoms with E-state index in [9.17, 15) is 18.0 Å². The molecule has 206 valence electrons. The minimum atomic E-state index is -4.37. The predicted molar refractivity (Wildman–Crippen MR) is 145 cm³/mol. The zero-order valence-corrected chi connectivity index (χ0v) is 21.9. The standard InChI is InChI=1S/C30H34F3N5O/c31-30(32,33)26-10-11-28(34-20-26)38-18-16-37(17-19-38)22-24-6-8-25(9-7-24)29(39)35-27-12-14-36(15-13-27)21-23-4-2-1-3-5-23/h1-11,20,27H,12-19,21-22H2,(H,35,39). The normalized spacial score (nSPS) is 17.8. The van der Waals surface area contributed by atoms with Crippen LogP contribution < -0.4 is 10.2 Å². The second kappa shape index (κ2) is 12.2. The quantitative estimate of drug-likeness (QED) is 0.469. The smallest absolute Gasteiger partial charge is 0.354 e. The Morgan fingerprint density at radius 2 is 1.41 bits per heavy atom. The molecule has 2 aliphatic rings. The highest BCUT2D eigenvalue weighted by molar-refractivity contribution is 5.94. The van der Waals surface area contributed by atoms with Crippen molar-refractivity contribution in [3.05, 3.63) is 95.2 Å². The average Bonchev–Trinajstić information content (AvgIpc) is 2.95. The fourth-order valence-corrected chi connectivity index (χ4v) is 5.24. The fourth-order valence-electron chi connectivity index (χ4n) is 5.24. The van der Waals surface area contributed by atoms with E-state index in [4.69, 9.17) is 0 Å². The Kier molecular flexibility index (Phi) is 8.47. The average molecular weight is 538 g/mol. The summed E-state index contributed by atoms with van der Waals surface area (Å²) in [6, 6.07) is 21.0. The van der Waals surface area contributed by atoms with Gasteiger partial charge in [-0.25, -0.2) is 4.98 Å². The summed E-state index contributed by atoms with van der Waals surface area (Å²) in [7, 11) is 0. The summed E-state index contributed by atoms with van der Waals surface area (Å²) in [6.07, 6.45) is -1.58. The van der Waals surface area contributed by atoms with Crippen LogP contribution in [0.3, 0.4) is 0 Å². The van der Waals surface area contributed by atoms with Gasteiger partial charge in [-0.3, -0.25) is 14.6 Å². The minimum absolute atomic E-state index is 0.0271. The summed E-state index contributed by atoms with van der Waals surface area (Å²) in [5.74, 6) is 0.542. The van der Waals surface area contributed by atoms with Crippen molar-refractivity contribution in [2.24, 2.45) is 0 Å². The number of anilines is 1. The van der Waals surface area contributed by atoms with Gasteiger partial charge in [0.15, 0.2) is 0 Å². The van der Waals surface area contributed by atoms with Crippen molar-refractivity contribution in [2.45, 2.75) is 38.1 Å². The molecule has 1 N–H and O–H groups in total. The van der Waals surface area contributed by atoms with Gasteiger partial charge in [0.05, 0.1) is 5.56 Å². The number of piperidine rings is 1. The van der Waals surface area contributed by atoms with Crippen molar-refractivity contribution in [2.75, 3.05) is 44.2 Å². The van der Waals surface area contributed by atoms with Crippen LogP contribution in [0.5, 0.6) is 0 Å². The number of rotatable bonds is 7. The summed E-state index contributed by atoms with van der Waals surface area (Å²) >= 11 is 0. The maximum absolute atomic E-state index is 12.8. The summed E-state index contributed by atoms with van der Waals surface area (Å²) in [5.41, 5.74) is 2.38. The SMILES string of the molecule is O=C(NC1CCN(Cc2ccccc2)CC1)c1ccc(CN2CCN(c3ccc(C(F)(F)F)cn3)CC2)cc1. The lowest BCUT2D eigenvalue weighted by Crippen LogP contribution is -2.46. The number of amides is 1. The first-order chi connectivity index (χ1) is 18.8. The Bertz CT molecular complexity index is 1200. The van der Waals surface area contributed by atoms with Gasteiger partial charge in [-0.2, -0.15) is 13.2 Å². The number of likely N-dealkylation sites (tertiary alicyclic amines) is 1. The van der Waals surface area contributed by atoms with Crippen LogP contribution in [0.15, 0.2) is 72.9 Å². The van der Waals surface area contributed by atoms with Crippen LogP contribution in [0.1, 0.15) is 39.9 Å². The first-order valence-electron chi connectivity index (χ1n) is 13.5. The van der Waals surface area contributed by atoms with Crippen LogP contribution in [0, 0.1) is 0 Å². The van der Waals surface area contributed by atoms with Gasteiger partial charge in [-0.1, -0.05) is 42.5 Å². The van der Waals surface area contributed by atoms with Gasteiger partial charge >= 0.3 is 6.18 Å². The second-order valence-electron chi connectivity index (χ2n) is 10.4. The molecule has 2 aliphatic heterocycles. The van der Waals surface area contributed by atoms with E-state index in [2.05, 4.69) is 44.4 Å². The molecule has 6 nitrogen and oxygen atoms in total. The Labute approximate surface area is 227 Å².